The van der Waals surface area contributed by atoms with E-state index in [1.807, 2.05) is 0 Å². The molecule has 1 N–H and O–H groups in total. The molecular weight excluding hydrogens is 332 g/mol. The normalized spacial score (nSPS) is 18.4. The van der Waals surface area contributed by atoms with Crippen LogP contribution in [0.1, 0.15) is 32.1 Å². The van der Waals surface area contributed by atoms with Crippen molar-refractivity contribution >= 4 is 21.6 Å². The molecule has 1 aliphatic carbocycles. The second-order valence-electron chi connectivity index (χ2n) is 5.53. The lowest BCUT2D eigenvalue weighted by atomic mass is 10.0. The third kappa shape index (κ3) is 3.84. The number of benzene rings is 1. The maximum atomic E-state index is 12.5. The van der Waals surface area contributed by atoms with Crippen LogP contribution >= 0.6 is 0 Å². The molecule has 0 amide bonds. The van der Waals surface area contributed by atoms with Crippen LogP contribution in [-0.4, -0.2) is 29.0 Å². The average molecular weight is 350 g/mol. The van der Waals surface area contributed by atoms with Gasteiger partial charge in [0, 0.05) is 10.1 Å². The van der Waals surface area contributed by atoms with Gasteiger partial charge in [0.25, 0.3) is 0 Å². The Hall–Kier alpha value is -1.60. The summed E-state index contributed by atoms with van der Waals surface area (Å²) < 4.78 is 24.9. The topological polar surface area (TPSA) is 80.1 Å². The second-order valence-corrected chi connectivity index (χ2v) is 8.64. The number of nitrogens with zero attached hydrogens (tertiary/aromatic N) is 2. The van der Waals surface area contributed by atoms with Gasteiger partial charge in [-0.1, -0.05) is 19.3 Å². The van der Waals surface area contributed by atoms with Gasteiger partial charge in [-0.05, 0) is 49.2 Å². The number of aromatic hydroxyl groups is 1. The summed E-state index contributed by atoms with van der Waals surface area (Å²) >= 11 is 0. The first-order chi connectivity index (χ1) is 11.1. The van der Waals surface area contributed by atoms with Crippen LogP contribution in [0.2, 0.25) is 0 Å². The lowest BCUT2D eigenvalue weighted by Gasteiger charge is -2.20. The highest BCUT2D eigenvalue weighted by Gasteiger charge is 2.22. The fourth-order valence-electron chi connectivity index (χ4n) is 2.65. The van der Waals surface area contributed by atoms with Crippen molar-refractivity contribution in [2.45, 2.75) is 52.3 Å². The van der Waals surface area contributed by atoms with E-state index >= 15 is 0 Å². The van der Waals surface area contributed by atoms with Crippen molar-refractivity contribution in [2.75, 3.05) is 0 Å². The summed E-state index contributed by atoms with van der Waals surface area (Å²) in [4.78, 5) is 0.540. The molecule has 7 heteroatoms. The van der Waals surface area contributed by atoms with Gasteiger partial charge in [0.15, 0.2) is 5.03 Å². The van der Waals surface area contributed by atoms with Gasteiger partial charge in [-0.3, -0.25) is 4.21 Å². The van der Waals surface area contributed by atoms with E-state index in [1.54, 1.807) is 24.3 Å². The molecule has 1 saturated carbocycles. The van der Waals surface area contributed by atoms with E-state index in [0.717, 1.165) is 25.7 Å². The largest absolute Gasteiger partial charge is 0.508 e. The average Bonchev–Trinajstić information content (AvgIpc) is 2.62. The molecule has 2 atom stereocenters. The van der Waals surface area contributed by atoms with Crippen molar-refractivity contribution in [1.82, 2.24) is 10.2 Å². The van der Waals surface area contributed by atoms with Crippen LogP contribution in [0.5, 0.6) is 5.75 Å². The Morgan fingerprint density at radius 1 is 0.870 bits per heavy atom. The molecule has 5 nitrogen and oxygen atoms in total. The zero-order valence-corrected chi connectivity index (χ0v) is 14.2. The summed E-state index contributed by atoms with van der Waals surface area (Å²) in [5, 5.41) is 18.2. The first-order valence-electron chi connectivity index (χ1n) is 7.60. The minimum Gasteiger partial charge on any atom is -0.508 e. The fourth-order valence-corrected chi connectivity index (χ4v) is 5.01. The number of hydrogen-bond donors (Lipinski definition) is 1. The molecule has 1 heterocycles. The highest BCUT2D eigenvalue weighted by Crippen LogP contribution is 2.25. The Labute approximate surface area is 140 Å². The highest BCUT2D eigenvalue weighted by molar-refractivity contribution is 7.85. The molecule has 1 aliphatic rings. The van der Waals surface area contributed by atoms with Gasteiger partial charge in [0.1, 0.15) is 21.6 Å². The summed E-state index contributed by atoms with van der Waals surface area (Å²) in [6, 6.07) is 9.40. The lowest BCUT2D eigenvalue weighted by molar-refractivity contribution is 0.475. The Morgan fingerprint density at radius 3 is 2.09 bits per heavy atom. The molecule has 0 aliphatic heterocycles. The number of rotatable bonds is 4. The number of phenols is 1. The summed E-state index contributed by atoms with van der Waals surface area (Å²) in [6.45, 7) is 0. The van der Waals surface area contributed by atoms with Gasteiger partial charge in [-0.15, -0.1) is 10.2 Å². The van der Waals surface area contributed by atoms with Crippen LogP contribution in [0, 0.1) is 0 Å². The molecule has 1 aromatic heterocycles. The summed E-state index contributed by atoms with van der Waals surface area (Å²) in [7, 11) is -2.61. The van der Waals surface area contributed by atoms with E-state index in [2.05, 4.69) is 10.2 Å². The molecule has 122 valence electrons. The van der Waals surface area contributed by atoms with E-state index in [1.165, 1.54) is 18.6 Å². The van der Waals surface area contributed by atoms with Crippen LogP contribution in [0.15, 0.2) is 51.3 Å². The van der Waals surface area contributed by atoms with E-state index in [9.17, 15) is 13.5 Å². The van der Waals surface area contributed by atoms with Gasteiger partial charge < -0.3 is 5.11 Å². The van der Waals surface area contributed by atoms with Crippen molar-refractivity contribution in [1.29, 1.82) is 0 Å². The van der Waals surface area contributed by atoms with Crippen molar-refractivity contribution in [2.24, 2.45) is 0 Å². The van der Waals surface area contributed by atoms with Crippen LogP contribution in [0.3, 0.4) is 0 Å². The number of hydrogen-bond acceptors (Lipinski definition) is 5. The molecule has 0 saturated heterocycles. The Bertz CT molecular complexity index is 711. The Kier molecular flexibility index (Phi) is 5.17. The quantitative estimate of drug-likeness (QED) is 0.917. The smallest absolute Gasteiger partial charge is 0.154 e. The molecule has 0 spiro atoms. The van der Waals surface area contributed by atoms with Crippen molar-refractivity contribution in [3.05, 3.63) is 36.4 Å². The molecular formula is C16H18N2O3S2. The third-order valence-electron chi connectivity index (χ3n) is 3.92. The maximum Gasteiger partial charge on any atom is 0.154 e. The van der Waals surface area contributed by atoms with Gasteiger partial charge in [0.05, 0.1) is 10.8 Å². The molecule has 0 radical (unpaired) electrons. The van der Waals surface area contributed by atoms with Crippen molar-refractivity contribution in [3.63, 3.8) is 0 Å². The fraction of sp³-hybridized carbons (Fsp3) is 0.375. The molecule has 23 heavy (non-hydrogen) atoms. The highest BCUT2D eigenvalue weighted by atomic mass is 32.2. The lowest BCUT2D eigenvalue weighted by Crippen LogP contribution is -2.19. The molecule has 2 aromatic rings. The van der Waals surface area contributed by atoms with Crippen molar-refractivity contribution in [3.8, 4) is 5.75 Å². The summed E-state index contributed by atoms with van der Waals surface area (Å²) in [5.74, 6) is 0.120. The summed E-state index contributed by atoms with van der Waals surface area (Å²) in [5.41, 5.74) is 0. The SMILES string of the molecule is O=S(c1ccc(O)cc1)c1ccc(S(=O)C2CCCCC2)nn1. The van der Waals surface area contributed by atoms with Crippen LogP contribution in [0.25, 0.3) is 0 Å². The minimum atomic E-state index is -1.46. The predicted molar refractivity (Wildman–Crippen MR) is 88.1 cm³/mol. The molecule has 0 bridgehead atoms. The van der Waals surface area contributed by atoms with Gasteiger partial charge in [-0.2, -0.15) is 0 Å². The van der Waals surface area contributed by atoms with E-state index in [0.29, 0.717) is 14.9 Å². The maximum absolute atomic E-state index is 12.5. The van der Waals surface area contributed by atoms with Gasteiger partial charge in [-0.25, -0.2) is 4.21 Å². The van der Waals surface area contributed by atoms with Crippen LogP contribution < -0.4 is 0 Å². The van der Waals surface area contributed by atoms with Gasteiger partial charge >= 0.3 is 0 Å². The van der Waals surface area contributed by atoms with Crippen LogP contribution in [0.4, 0.5) is 0 Å². The Morgan fingerprint density at radius 2 is 1.48 bits per heavy atom. The molecule has 3 rings (SSSR count). The van der Waals surface area contributed by atoms with Crippen molar-refractivity contribution < 1.29 is 13.5 Å². The summed E-state index contributed by atoms with van der Waals surface area (Å²) in [6.07, 6.45) is 5.38. The monoisotopic (exact) mass is 350 g/mol. The van der Waals surface area contributed by atoms with E-state index in [4.69, 9.17) is 0 Å². The zero-order valence-electron chi connectivity index (χ0n) is 12.6. The standard InChI is InChI=1S/C16H18N2O3S2/c19-12-6-8-14(9-7-12)23(21)16-11-10-15(17-18-16)22(20)13-4-2-1-3-5-13/h6-11,13,19H,1-5H2. The third-order valence-corrected chi connectivity index (χ3v) is 6.92. The van der Waals surface area contributed by atoms with E-state index < -0.39 is 21.6 Å². The molecule has 1 aromatic carbocycles. The zero-order chi connectivity index (χ0) is 16.2. The van der Waals surface area contributed by atoms with E-state index in [-0.39, 0.29) is 11.0 Å². The second kappa shape index (κ2) is 7.31. The number of aromatic nitrogens is 2. The number of phenolic OH excluding ortho intramolecular Hbond substituents is 1. The first kappa shape index (κ1) is 16.3. The minimum absolute atomic E-state index is 0.120. The Balaban J connectivity index is 1.74. The predicted octanol–water partition coefficient (Wildman–Crippen LogP) is 2.79. The molecule has 2 unspecified atom stereocenters. The van der Waals surface area contributed by atoms with Gasteiger partial charge in [0.2, 0.25) is 0 Å². The first-order valence-corrected chi connectivity index (χ1v) is 9.96. The van der Waals surface area contributed by atoms with Crippen LogP contribution in [-0.2, 0) is 21.6 Å². The molecule has 1 fully saturated rings.